The molecular formula is C10H11N3S. The Labute approximate surface area is 86.8 Å². The van der Waals surface area contributed by atoms with Gasteiger partial charge in [0.2, 0.25) is 5.95 Å². The first-order valence-corrected chi connectivity index (χ1v) is 5.11. The van der Waals surface area contributed by atoms with Crippen LogP contribution in [0.2, 0.25) is 0 Å². The lowest BCUT2D eigenvalue weighted by Gasteiger charge is -2.01. The number of nitrogen functional groups attached to an aromatic ring is 1. The monoisotopic (exact) mass is 205 g/mol. The maximum Gasteiger partial charge on any atom is 0.232 e. The van der Waals surface area contributed by atoms with Gasteiger partial charge in [-0.2, -0.15) is 9.36 Å². The molecule has 0 saturated carbocycles. The minimum atomic E-state index is 0.352. The van der Waals surface area contributed by atoms with E-state index in [-0.39, 0.29) is 0 Å². The number of hydrogen-bond acceptors (Lipinski definition) is 4. The first-order valence-electron chi connectivity index (χ1n) is 4.33. The minimum Gasteiger partial charge on any atom is -0.367 e. The zero-order valence-electron chi connectivity index (χ0n) is 8.11. The first-order chi connectivity index (χ1) is 6.66. The molecule has 72 valence electrons. The summed E-state index contributed by atoms with van der Waals surface area (Å²) in [4.78, 5) is 4.16. The Balaban J connectivity index is 2.52. The summed E-state index contributed by atoms with van der Waals surface area (Å²) >= 11 is 1.34. The zero-order valence-corrected chi connectivity index (χ0v) is 8.93. The third-order valence-electron chi connectivity index (χ3n) is 2.05. The average molecular weight is 205 g/mol. The second kappa shape index (κ2) is 3.38. The van der Waals surface area contributed by atoms with E-state index in [4.69, 9.17) is 5.73 Å². The van der Waals surface area contributed by atoms with Crippen LogP contribution in [0.25, 0.3) is 10.6 Å². The summed E-state index contributed by atoms with van der Waals surface area (Å²) in [5.41, 5.74) is 9.06. The predicted octanol–water partition coefficient (Wildman–Crippen LogP) is 2.40. The standard InChI is InChI=1S/C10H11N3S/c1-6-3-4-8(7(2)5-6)9-12-10(11)13-14-9/h3-5H,1-2H3,(H2,11,13). The summed E-state index contributed by atoms with van der Waals surface area (Å²) in [7, 11) is 0. The van der Waals surface area contributed by atoms with E-state index < -0.39 is 0 Å². The molecule has 14 heavy (non-hydrogen) atoms. The summed E-state index contributed by atoms with van der Waals surface area (Å²) < 4.78 is 3.96. The van der Waals surface area contributed by atoms with Gasteiger partial charge in [-0.25, -0.2) is 0 Å². The van der Waals surface area contributed by atoms with E-state index in [9.17, 15) is 0 Å². The fourth-order valence-electron chi connectivity index (χ4n) is 1.40. The Morgan fingerprint density at radius 3 is 2.64 bits per heavy atom. The normalized spacial score (nSPS) is 10.4. The van der Waals surface area contributed by atoms with Gasteiger partial charge in [-0.15, -0.1) is 0 Å². The first kappa shape index (κ1) is 9.15. The van der Waals surface area contributed by atoms with E-state index in [1.165, 1.54) is 22.7 Å². The molecule has 2 N–H and O–H groups in total. The van der Waals surface area contributed by atoms with Crippen molar-refractivity contribution >= 4 is 17.5 Å². The molecule has 0 fully saturated rings. The number of nitrogens with zero attached hydrogens (tertiary/aromatic N) is 2. The molecule has 0 spiro atoms. The molecule has 0 atom stereocenters. The minimum absolute atomic E-state index is 0.352. The van der Waals surface area contributed by atoms with Crippen molar-refractivity contribution in [3.8, 4) is 10.6 Å². The largest absolute Gasteiger partial charge is 0.367 e. The van der Waals surface area contributed by atoms with Crippen LogP contribution in [0.1, 0.15) is 11.1 Å². The maximum absolute atomic E-state index is 5.48. The summed E-state index contributed by atoms with van der Waals surface area (Å²) in [6.07, 6.45) is 0. The van der Waals surface area contributed by atoms with Gasteiger partial charge in [0.25, 0.3) is 0 Å². The fraction of sp³-hybridized carbons (Fsp3) is 0.200. The second-order valence-corrected chi connectivity index (χ2v) is 4.03. The molecule has 0 radical (unpaired) electrons. The van der Waals surface area contributed by atoms with Crippen LogP contribution >= 0.6 is 11.5 Å². The van der Waals surface area contributed by atoms with Gasteiger partial charge in [0.1, 0.15) is 5.01 Å². The molecular weight excluding hydrogens is 194 g/mol. The van der Waals surface area contributed by atoms with E-state index in [1.54, 1.807) is 0 Å². The van der Waals surface area contributed by atoms with Crippen LogP contribution in [0, 0.1) is 13.8 Å². The van der Waals surface area contributed by atoms with Crippen molar-refractivity contribution in [1.82, 2.24) is 9.36 Å². The summed E-state index contributed by atoms with van der Waals surface area (Å²) in [5.74, 6) is 0.352. The third kappa shape index (κ3) is 1.61. The highest BCUT2D eigenvalue weighted by atomic mass is 32.1. The van der Waals surface area contributed by atoms with E-state index in [1.807, 2.05) is 0 Å². The van der Waals surface area contributed by atoms with Crippen LogP contribution in [0.4, 0.5) is 5.95 Å². The van der Waals surface area contributed by atoms with Gasteiger partial charge in [-0.1, -0.05) is 23.8 Å². The molecule has 4 heteroatoms. The van der Waals surface area contributed by atoms with Crippen molar-refractivity contribution in [3.05, 3.63) is 29.3 Å². The number of rotatable bonds is 1. The quantitative estimate of drug-likeness (QED) is 0.777. The van der Waals surface area contributed by atoms with Crippen molar-refractivity contribution < 1.29 is 0 Å². The van der Waals surface area contributed by atoms with Crippen molar-refractivity contribution in [3.63, 3.8) is 0 Å². The molecule has 2 aromatic rings. The average Bonchev–Trinajstić information content (AvgIpc) is 2.51. The van der Waals surface area contributed by atoms with Gasteiger partial charge in [-0.05, 0) is 30.9 Å². The van der Waals surface area contributed by atoms with E-state index in [2.05, 4.69) is 41.4 Å². The highest BCUT2D eigenvalue weighted by Crippen LogP contribution is 2.25. The number of hydrogen-bond donors (Lipinski definition) is 1. The molecule has 0 saturated heterocycles. The van der Waals surface area contributed by atoms with Crippen LogP contribution in [-0.4, -0.2) is 9.36 Å². The SMILES string of the molecule is Cc1ccc(-c2nc(N)ns2)c(C)c1. The van der Waals surface area contributed by atoms with Crippen molar-refractivity contribution in [2.45, 2.75) is 13.8 Å². The maximum atomic E-state index is 5.48. The van der Waals surface area contributed by atoms with Crippen molar-refractivity contribution in [2.75, 3.05) is 5.73 Å². The molecule has 0 unspecified atom stereocenters. The van der Waals surface area contributed by atoms with E-state index in [0.29, 0.717) is 5.95 Å². The molecule has 3 nitrogen and oxygen atoms in total. The highest BCUT2D eigenvalue weighted by molar-refractivity contribution is 7.09. The molecule has 0 bridgehead atoms. The summed E-state index contributed by atoms with van der Waals surface area (Å²) in [6, 6.07) is 6.26. The lowest BCUT2D eigenvalue weighted by molar-refractivity contribution is 1.32. The van der Waals surface area contributed by atoms with Gasteiger partial charge < -0.3 is 5.73 Å². The third-order valence-corrected chi connectivity index (χ3v) is 2.82. The lowest BCUT2D eigenvalue weighted by Crippen LogP contribution is -1.87. The molecule has 1 aromatic carbocycles. The van der Waals surface area contributed by atoms with Crippen LogP contribution < -0.4 is 5.73 Å². The number of aryl methyl sites for hydroxylation is 2. The molecule has 0 aliphatic carbocycles. The van der Waals surface area contributed by atoms with Crippen molar-refractivity contribution in [1.29, 1.82) is 0 Å². The number of nitrogens with two attached hydrogens (primary N) is 1. The van der Waals surface area contributed by atoms with Crippen LogP contribution in [0.15, 0.2) is 18.2 Å². The fourth-order valence-corrected chi connectivity index (χ4v) is 2.08. The molecule has 1 aromatic heterocycles. The number of aromatic nitrogens is 2. The number of anilines is 1. The number of benzene rings is 1. The molecule has 0 aliphatic rings. The Morgan fingerprint density at radius 1 is 1.29 bits per heavy atom. The van der Waals surface area contributed by atoms with E-state index >= 15 is 0 Å². The second-order valence-electron chi connectivity index (χ2n) is 3.28. The van der Waals surface area contributed by atoms with Gasteiger partial charge in [-0.3, -0.25) is 0 Å². The van der Waals surface area contributed by atoms with E-state index in [0.717, 1.165) is 10.6 Å². The van der Waals surface area contributed by atoms with Crippen LogP contribution in [0.3, 0.4) is 0 Å². The topological polar surface area (TPSA) is 51.8 Å². The lowest BCUT2D eigenvalue weighted by atomic mass is 10.1. The van der Waals surface area contributed by atoms with Crippen LogP contribution in [-0.2, 0) is 0 Å². The van der Waals surface area contributed by atoms with Crippen LogP contribution in [0.5, 0.6) is 0 Å². The highest BCUT2D eigenvalue weighted by Gasteiger charge is 2.06. The van der Waals surface area contributed by atoms with Gasteiger partial charge in [0.15, 0.2) is 0 Å². The Kier molecular flexibility index (Phi) is 2.21. The molecule has 0 amide bonds. The summed E-state index contributed by atoms with van der Waals surface area (Å²) in [6.45, 7) is 4.14. The molecule has 1 heterocycles. The van der Waals surface area contributed by atoms with Gasteiger partial charge >= 0.3 is 0 Å². The molecule has 0 aliphatic heterocycles. The Bertz CT molecular complexity index is 462. The Morgan fingerprint density at radius 2 is 2.07 bits per heavy atom. The van der Waals surface area contributed by atoms with Gasteiger partial charge in [0.05, 0.1) is 0 Å². The predicted molar refractivity (Wildman–Crippen MR) is 59.2 cm³/mol. The molecule has 2 rings (SSSR count). The summed E-state index contributed by atoms with van der Waals surface area (Å²) in [5, 5.41) is 0.889. The smallest absolute Gasteiger partial charge is 0.232 e. The zero-order chi connectivity index (χ0) is 10.1. The van der Waals surface area contributed by atoms with Crippen molar-refractivity contribution in [2.24, 2.45) is 0 Å². The van der Waals surface area contributed by atoms with Gasteiger partial charge in [0, 0.05) is 5.56 Å². The Hall–Kier alpha value is -1.42.